The van der Waals surface area contributed by atoms with Gasteiger partial charge in [-0.05, 0) is 30.2 Å². The van der Waals surface area contributed by atoms with Gasteiger partial charge in [0.15, 0.2) is 0 Å². The van der Waals surface area contributed by atoms with Crippen molar-refractivity contribution >= 4 is 36.2 Å². The van der Waals surface area contributed by atoms with Gasteiger partial charge < -0.3 is 9.29 Å². The summed E-state index contributed by atoms with van der Waals surface area (Å²) < 4.78 is 59.1. The van der Waals surface area contributed by atoms with E-state index in [2.05, 4.69) is 4.18 Å². The molecule has 0 saturated carbocycles. The van der Waals surface area contributed by atoms with Crippen molar-refractivity contribution in [1.82, 2.24) is 0 Å². The number of rotatable bonds is 5. The molecule has 0 amide bonds. The zero-order chi connectivity index (χ0) is 15.7. The number of carboxylic acid groups (broad SMARTS) is 1. The van der Waals surface area contributed by atoms with E-state index < -0.39 is 42.6 Å². The molecule has 0 aliphatic rings. The maximum atomic E-state index is 12.4. The van der Waals surface area contributed by atoms with E-state index in [1.807, 2.05) is 0 Å². The third-order valence-corrected chi connectivity index (χ3v) is 3.62. The van der Waals surface area contributed by atoms with Crippen molar-refractivity contribution in [3.8, 4) is 5.75 Å². The lowest BCUT2D eigenvalue weighted by atomic mass is 10.0. The summed E-state index contributed by atoms with van der Waals surface area (Å²) in [6.45, 7) is 1.30. The van der Waals surface area contributed by atoms with E-state index in [-0.39, 0.29) is 11.1 Å². The summed E-state index contributed by atoms with van der Waals surface area (Å²) in [5, 5.41) is 8.93. The fourth-order valence-corrected chi connectivity index (χ4v) is 2.82. The van der Waals surface area contributed by atoms with Crippen LogP contribution in [0.15, 0.2) is 12.1 Å². The molecular weight excluding hydrogens is 339 g/mol. The van der Waals surface area contributed by atoms with E-state index in [0.717, 1.165) is 12.1 Å². The Balaban J connectivity index is 3.46. The molecule has 0 heterocycles. The standard InChI is InChI=1S/C9H8ClFO7S2/c1-5-6(4-19(10,14)15)2-7(18-20(11,16)17)3-8(5)9(12)13/h2-3H,4H2,1H3,(H,12,13). The molecule has 0 aliphatic heterocycles. The normalized spacial score (nSPS) is 12.2. The van der Waals surface area contributed by atoms with E-state index in [1.54, 1.807) is 0 Å². The first-order valence-corrected chi connectivity index (χ1v) is 8.61. The molecule has 0 radical (unpaired) electrons. The van der Waals surface area contributed by atoms with Crippen molar-refractivity contribution in [2.45, 2.75) is 12.7 Å². The first-order chi connectivity index (χ1) is 8.89. The molecule has 0 fully saturated rings. The molecule has 1 aromatic rings. The lowest BCUT2D eigenvalue weighted by Crippen LogP contribution is -2.08. The molecule has 0 aliphatic carbocycles. The molecule has 11 heteroatoms. The zero-order valence-corrected chi connectivity index (χ0v) is 12.2. The van der Waals surface area contributed by atoms with Gasteiger partial charge in [0.2, 0.25) is 9.05 Å². The van der Waals surface area contributed by atoms with E-state index in [4.69, 9.17) is 15.8 Å². The Morgan fingerprint density at radius 2 is 1.90 bits per heavy atom. The summed E-state index contributed by atoms with van der Waals surface area (Å²) in [5.41, 5.74) is -0.495. The number of carbonyl (C=O) groups is 1. The Kier molecular flexibility index (Phi) is 4.62. The molecule has 0 saturated heterocycles. The van der Waals surface area contributed by atoms with Crippen LogP contribution < -0.4 is 4.18 Å². The Morgan fingerprint density at radius 3 is 2.30 bits per heavy atom. The molecule has 112 valence electrons. The lowest BCUT2D eigenvalue weighted by Gasteiger charge is -2.10. The van der Waals surface area contributed by atoms with Crippen LogP contribution in [-0.4, -0.2) is 27.9 Å². The maximum Gasteiger partial charge on any atom is 0.488 e. The zero-order valence-electron chi connectivity index (χ0n) is 9.83. The number of hydrogen-bond donors (Lipinski definition) is 1. The summed E-state index contributed by atoms with van der Waals surface area (Å²) in [7, 11) is -4.34. The van der Waals surface area contributed by atoms with Gasteiger partial charge >= 0.3 is 16.5 Å². The highest BCUT2D eigenvalue weighted by atomic mass is 35.7. The molecule has 1 N–H and O–H groups in total. The summed E-state index contributed by atoms with van der Waals surface area (Å²) in [4.78, 5) is 11.0. The van der Waals surface area contributed by atoms with Gasteiger partial charge in [0.05, 0.1) is 11.3 Å². The van der Waals surface area contributed by atoms with Crippen LogP contribution in [0.2, 0.25) is 0 Å². The molecule has 0 atom stereocenters. The van der Waals surface area contributed by atoms with E-state index in [0.29, 0.717) is 0 Å². The Bertz CT molecular complexity index is 755. The van der Waals surface area contributed by atoms with Gasteiger partial charge in [0, 0.05) is 10.7 Å². The molecule has 20 heavy (non-hydrogen) atoms. The second-order valence-electron chi connectivity index (χ2n) is 3.72. The number of carboxylic acids is 1. The van der Waals surface area contributed by atoms with Crippen molar-refractivity contribution in [1.29, 1.82) is 0 Å². The average molecular weight is 347 g/mol. The highest BCUT2D eigenvalue weighted by Gasteiger charge is 2.20. The minimum Gasteiger partial charge on any atom is -0.478 e. The molecule has 1 rings (SSSR count). The molecule has 7 nitrogen and oxygen atoms in total. The number of aromatic carboxylic acids is 1. The predicted molar refractivity (Wildman–Crippen MR) is 67.3 cm³/mol. The maximum absolute atomic E-state index is 12.4. The van der Waals surface area contributed by atoms with Crippen LogP contribution in [0.5, 0.6) is 5.75 Å². The predicted octanol–water partition coefficient (Wildman–Crippen LogP) is 1.35. The van der Waals surface area contributed by atoms with Gasteiger partial charge in [0.25, 0.3) is 0 Å². The van der Waals surface area contributed by atoms with Crippen LogP contribution in [0.25, 0.3) is 0 Å². The topological polar surface area (TPSA) is 115 Å². The molecule has 0 spiro atoms. The third kappa shape index (κ3) is 4.94. The number of hydrogen-bond acceptors (Lipinski definition) is 6. The minimum atomic E-state index is -5.37. The SMILES string of the molecule is Cc1c(CS(=O)(=O)Cl)cc(OS(=O)(=O)F)cc1C(=O)O. The fraction of sp³-hybridized carbons (Fsp3) is 0.222. The molecule has 1 aromatic carbocycles. The van der Waals surface area contributed by atoms with Crippen molar-refractivity contribution in [3.05, 3.63) is 28.8 Å². The lowest BCUT2D eigenvalue weighted by molar-refractivity contribution is 0.0695. The molecular formula is C9H8ClFO7S2. The summed E-state index contributed by atoms with van der Waals surface area (Å²) in [6, 6.07) is 1.65. The summed E-state index contributed by atoms with van der Waals surface area (Å²) in [5.74, 6) is -2.88. The first-order valence-electron chi connectivity index (χ1n) is 4.82. The Hall–Kier alpha value is -1.39. The van der Waals surface area contributed by atoms with Crippen LogP contribution >= 0.6 is 10.7 Å². The van der Waals surface area contributed by atoms with Crippen molar-refractivity contribution < 1.29 is 34.8 Å². The van der Waals surface area contributed by atoms with Crippen LogP contribution in [-0.2, 0) is 25.3 Å². The minimum absolute atomic E-state index is 0.0466. The Morgan fingerprint density at radius 1 is 1.35 bits per heavy atom. The van der Waals surface area contributed by atoms with E-state index in [9.17, 15) is 25.5 Å². The van der Waals surface area contributed by atoms with Gasteiger partial charge in [-0.15, -0.1) is 0 Å². The monoisotopic (exact) mass is 346 g/mol. The highest BCUT2D eigenvalue weighted by Crippen LogP contribution is 2.26. The van der Waals surface area contributed by atoms with Gasteiger partial charge in [-0.1, -0.05) is 3.89 Å². The first kappa shape index (κ1) is 16.7. The van der Waals surface area contributed by atoms with E-state index >= 15 is 0 Å². The van der Waals surface area contributed by atoms with E-state index in [1.165, 1.54) is 6.92 Å². The largest absolute Gasteiger partial charge is 0.488 e. The average Bonchev–Trinajstić information content (AvgIpc) is 2.17. The van der Waals surface area contributed by atoms with Crippen LogP contribution in [0.1, 0.15) is 21.5 Å². The van der Waals surface area contributed by atoms with Crippen LogP contribution in [0.4, 0.5) is 3.89 Å². The fourth-order valence-electron chi connectivity index (χ4n) is 1.47. The molecule has 0 bridgehead atoms. The quantitative estimate of drug-likeness (QED) is 0.800. The highest BCUT2D eigenvalue weighted by molar-refractivity contribution is 8.13. The second-order valence-corrected chi connectivity index (χ2v) is 7.45. The molecule has 0 unspecified atom stereocenters. The van der Waals surface area contributed by atoms with Gasteiger partial charge in [0.1, 0.15) is 5.75 Å². The smallest absolute Gasteiger partial charge is 0.478 e. The van der Waals surface area contributed by atoms with Gasteiger partial charge in [-0.3, -0.25) is 0 Å². The van der Waals surface area contributed by atoms with Gasteiger partial charge in [-0.2, -0.15) is 8.42 Å². The van der Waals surface area contributed by atoms with Crippen LogP contribution in [0.3, 0.4) is 0 Å². The summed E-state index contributed by atoms with van der Waals surface area (Å²) in [6.07, 6.45) is 0. The number of benzene rings is 1. The van der Waals surface area contributed by atoms with Crippen molar-refractivity contribution in [2.24, 2.45) is 0 Å². The molecule has 0 aromatic heterocycles. The van der Waals surface area contributed by atoms with Crippen LogP contribution in [0, 0.1) is 6.92 Å². The summed E-state index contributed by atoms with van der Waals surface area (Å²) >= 11 is 0. The Labute approximate surface area is 118 Å². The third-order valence-electron chi connectivity index (χ3n) is 2.24. The van der Waals surface area contributed by atoms with Gasteiger partial charge in [-0.25, -0.2) is 13.2 Å². The van der Waals surface area contributed by atoms with Crippen molar-refractivity contribution in [2.75, 3.05) is 0 Å². The van der Waals surface area contributed by atoms with Crippen molar-refractivity contribution in [3.63, 3.8) is 0 Å². The number of halogens is 2. The second kappa shape index (κ2) is 5.54.